The lowest BCUT2D eigenvalue weighted by atomic mass is 10.1. The van der Waals surface area contributed by atoms with E-state index >= 15 is 0 Å². The number of esters is 1. The summed E-state index contributed by atoms with van der Waals surface area (Å²) < 4.78 is 4.83. The Kier molecular flexibility index (Phi) is 7.94. The molecule has 2 aromatic rings. The standard InChI is InChI=1S/C18H24N2O3S2/c1-3-4-9-16(17(21)23-2)19-18(22)20(12-14-7-5-10-24-14)13-15-8-6-11-25-15/h5-8,10-11,16H,3-4,9,12-13H2,1-2H3,(H,19,22)/t16-/m1/s1. The molecular formula is C18H24N2O3S2. The van der Waals surface area contributed by atoms with Crippen LogP contribution in [-0.2, 0) is 22.6 Å². The number of thiophene rings is 2. The molecule has 136 valence electrons. The number of methoxy groups -OCH3 is 1. The molecule has 1 atom stereocenters. The number of unbranched alkanes of at least 4 members (excludes halogenated alkanes) is 1. The molecule has 0 radical (unpaired) electrons. The molecule has 1 N–H and O–H groups in total. The number of carbonyl (C=O) groups excluding carboxylic acids is 2. The second kappa shape index (κ2) is 10.2. The van der Waals surface area contributed by atoms with Crippen LogP contribution in [0.1, 0.15) is 35.9 Å². The summed E-state index contributed by atoms with van der Waals surface area (Å²) in [7, 11) is 1.35. The minimum Gasteiger partial charge on any atom is -0.467 e. The summed E-state index contributed by atoms with van der Waals surface area (Å²) >= 11 is 3.23. The summed E-state index contributed by atoms with van der Waals surface area (Å²) in [5.74, 6) is -0.394. The lowest BCUT2D eigenvalue weighted by Gasteiger charge is -2.25. The van der Waals surface area contributed by atoms with E-state index in [-0.39, 0.29) is 6.03 Å². The molecule has 0 saturated heterocycles. The maximum absolute atomic E-state index is 12.8. The summed E-state index contributed by atoms with van der Waals surface area (Å²) in [6.45, 7) is 3.09. The third-order valence-corrected chi connectivity index (χ3v) is 5.49. The van der Waals surface area contributed by atoms with Crippen molar-refractivity contribution >= 4 is 34.7 Å². The Morgan fingerprint density at radius 3 is 2.20 bits per heavy atom. The lowest BCUT2D eigenvalue weighted by molar-refractivity contribution is -0.143. The van der Waals surface area contributed by atoms with Gasteiger partial charge in [-0.3, -0.25) is 0 Å². The maximum Gasteiger partial charge on any atom is 0.328 e. The predicted molar refractivity (Wildman–Crippen MR) is 102 cm³/mol. The van der Waals surface area contributed by atoms with Crippen molar-refractivity contribution in [3.8, 4) is 0 Å². The van der Waals surface area contributed by atoms with Gasteiger partial charge in [0, 0.05) is 9.75 Å². The molecule has 0 aliphatic heterocycles. The molecule has 0 spiro atoms. The molecule has 0 unspecified atom stereocenters. The molecule has 2 rings (SSSR count). The zero-order valence-electron chi connectivity index (χ0n) is 14.6. The lowest BCUT2D eigenvalue weighted by Crippen LogP contribution is -2.47. The van der Waals surface area contributed by atoms with Crippen LogP contribution in [0.5, 0.6) is 0 Å². The number of hydrogen-bond donors (Lipinski definition) is 1. The summed E-state index contributed by atoms with van der Waals surface area (Å²) in [5, 5.41) is 6.84. The molecule has 7 heteroatoms. The second-order valence-corrected chi connectivity index (χ2v) is 7.75. The molecule has 2 heterocycles. The average molecular weight is 381 g/mol. The van der Waals surface area contributed by atoms with Gasteiger partial charge < -0.3 is 15.0 Å². The van der Waals surface area contributed by atoms with Crippen molar-refractivity contribution in [3.05, 3.63) is 44.8 Å². The van der Waals surface area contributed by atoms with Gasteiger partial charge in [-0.2, -0.15) is 0 Å². The fourth-order valence-electron chi connectivity index (χ4n) is 2.42. The highest BCUT2D eigenvalue weighted by molar-refractivity contribution is 7.10. The fraction of sp³-hybridized carbons (Fsp3) is 0.444. The SMILES string of the molecule is CCCC[C@@H](NC(=O)N(Cc1cccs1)Cc1cccs1)C(=O)OC. The second-order valence-electron chi connectivity index (χ2n) is 5.68. The van der Waals surface area contributed by atoms with Gasteiger partial charge in [0.1, 0.15) is 6.04 Å². The van der Waals surface area contributed by atoms with Crippen LogP contribution in [0.2, 0.25) is 0 Å². The molecular weight excluding hydrogens is 356 g/mol. The van der Waals surface area contributed by atoms with Gasteiger partial charge >= 0.3 is 12.0 Å². The van der Waals surface area contributed by atoms with E-state index in [0.717, 1.165) is 22.6 Å². The Balaban J connectivity index is 2.07. The minimum atomic E-state index is -0.605. The van der Waals surface area contributed by atoms with Crippen molar-refractivity contribution in [1.82, 2.24) is 10.2 Å². The Morgan fingerprint density at radius 1 is 1.16 bits per heavy atom. The van der Waals surface area contributed by atoms with Crippen LogP contribution < -0.4 is 5.32 Å². The minimum absolute atomic E-state index is 0.242. The molecule has 0 aliphatic rings. The molecule has 2 aromatic heterocycles. The van der Waals surface area contributed by atoms with E-state index in [0.29, 0.717) is 19.5 Å². The monoisotopic (exact) mass is 380 g/mol. The van der Waals surface area contributed by atoms with Gasteiger partial charge in [0.15, 0.2) is 0 Å². The highest BCUT2D eigenvalue weighted by Crippen LogP contribution is 2.17. The summed E-state index contributed by atoms with van der Waals surface area (Å²) in [6, 6.07) is 7.11. The summed E-state index contributed by atoms with van der Waals surface area (Å²) in [4.78, 5) is 28.7. The van der Waals surface area contributed by atoms with Crippen molar-refractivity contribution < 1.29 is 14.3 Å². The number of nitrogens with one attached hydrogen (secondary N) is 1. The summed E-state index contributed by atoms with van der Waals surface area (Å²) in [5.41, 5.74) is 0. The van der Waals surface area contributed by atoms with E-state index in [1.165, 1.54) is 7.11 Å². The third kappa shape index (κ3) is 6.17. The number of urea groups is 1. The van der Waals surface area contributed by atoms with Crippen LogP contribution in [0, 0.1) is 0 Å². The van der Waals surface area contributed by atoms with Crippen LogP contribution in [0.4, 0.5) is 4.79 Å². The first-order chi connectivity index (χ1) is 12.1. The molecule has 0 saturated carbocycles. The van der Waals surface area contributed by atoms with Crippen molar-refractivity contribution in [2.45, 2.75) is 45.3 Å². The van der Waals surface area contributed by atoms with E-state index in [2.05, 4.69) is 12.2 Å². The molecule has 25 heavy (non-hydrogen) atoms. The third-order valence-electron chi connectivity index (χ3n) is 3.77. The van der Waals surface area contributed by atoms with E-state index in [4.69, 9.17) is 4.74 Å². The molecule has 0 aliphatic carbocycles. The van der Waals surface area contributed by atoms with Gasteiger partial charge in [-0.1, -0.05) is 31.9 Å². The topological polar surface area (TPSA) is 58.6 Å². The Morgan fingerprint density at radius 2 is 1.76 bits per heavy atom. The fourth-order valence-corrected chi connectivity index (χ4v) is 3.86. The van der Waals surface area contributed by atoms with E-state index in [1.54, 1.807) is 27.6 Å². The van der Waals surface area contributed by atoms with E-state index < -0.39 is 12.0 Å². The van der Waals surface area contributed by atoms with Gasteiger partial charge in [0.05, 0.1) is 20.2 Å². The van der Waals surface area contributed by atoms with Crippen LogP contribution in [-0.4, -0.2) is 30.1 Å². The first-order valence-electron chi connectivity index (χ1n) is 8.32. The average Bonchev–Trinajstić information content (AvgIpc) is 3.31. The highest BCUT2D eigenvalue weighted by atomic mass is 32.1. The quantitative estimate of drug-likeness (QED) is 0.662. The molecule has 0 bridgehead atoms. The van der Waals surface area contributed by atoms with Crippen LogP contribution >= 0.6 is 22.7 Å². The predicted octanol–water partition coefficient (Wildman–Crippen LogP) is 4.25. The number of ether oxygens (including phenoxy) is 1. The first-order valence-corrected chi connectivity index (χ1v) is 10.1. The van der Waals surface area contributed by atoms with Crippen LogP contribution in [0.25, 0.3) is 0 Å². The number of nitrogens with zero attached hydrogens (tertiary/aromatic N) is 1. The van der Waals surface area contributed by atoms with Crippen molar-refractivity contribution in [2.75, 3.05) is 7.11 Å². The van der Waals surface area contributed by atoms with E-state index in [9.17, 15) is 9.59 Å². The first kappa shape index (κ1) is 19.5. The van der Waals surface area contributed by atoms with Crippen LogP contribution in [0.15, 0.2) is 35.0 Å². The smallest absolute Gasteiger partial charge is 0.328 e. The molecule has 0 fully saturated rings. The molecule has 5 nitrogen and oxygen atoms in total. The van der Waals surface area contributed by atoms with Gasteiger partial charge in [-0.05, 0) is 29.3 Å². The number of hydrogen-bond acceptors (Lipinski definition) is 5. The highest BCUT2D eigenvalue weighted by Gasteiger charge is 2.24. The van der Waals surface area contributed by atoms with Gasteiger partial charge in [-0.25, -0.2) is 9.59 Å². The summed E-state index contributed by atoms with van der Waals surface area (Å²) in [6.07, 6.45) is 2.40. The zero-order chi connectivity index (χ0) is 18.1. The molecule has 0 aromatic carbocycles. The van der Waals surface area contributed by atoms with Gasteiger partial charge in [0.25, 0.3) is 0 Å². The van der Waals surface area contributed by atoms with Crippen molar-refractivity contribution in [1.29, 1.82) is 0 Å². The number of carbonyl (C=O) groups is 2. The normalized spacial score (nSPS) is 11.8. The van der Waals surface area contributed by atoms with Crippen LogP contribution in [0.3, 0.4) is 0 Å². The maximum atomic E-state index is 12.8. The van der Waals surface area contributed by atoms with Crippen molar-refractivity contribution in [2.24, 2.45) is 0 Å². The van der Waals surface area contributed by atoms with Gasteiger partial charge in [0.2, 0.25) is 0 Å². The van der Waals surface area contributed by atoms with Gasteiger partial charge in [-0.15, -0.1) is 22.7 Å². The Hall–Kier alpha value is -1.86. The Labute approximate surface area is 156 Å². The van der Waals surface area contributed by atoms with E-state index in [1.807, 2.05) is 35.0 Å². The zero-order valence-corrected chi connectivity index (χ0v) is 16.2. The number of rotatable bonds is 9. The number of amides is 2. The largest absolute Gasteiger partial charge is 0.467 e. The molecule has 2 amide bonds. The Bertz CT molecular complexity index is 605. The van der Waals surface area contributed by atoms with Crippen molar-refractivity contribution in [3.63, 3.8) is 0 Å².